The second kappa shape index (κ2) is 12.1. The fraction of sp³-hybridized carbons (Fsp3) is 0.375. The summed E-state index contributed by atoms with van der Waals surface area (Å²) in [5.41, 5.74) is 0.882. The summed E-state index contributed by atoms with van der Waals surface area (Å²) >= 11 is 6.03. The van der Waals surface area contributed by atoms with Crippen molar-refractivity contribution in [2.75, 3.05) is 20.3 Å². The number of fused-ring (bicyclic) bond motifs is 2. The molecule has 0 amide bonds. The Morgan fingerprint density at radius 1 is 1.18 bits per heavy atom. The maximum absolute atomic E-state index is 15.4. The number of methoxy groups -OCH3 is 1. The van der Waals surface area contributed by atoms with Crippen LogP contribution in [0.5, 0.6) is 11.5 Å². The van der Waals surface area contributed by atoms with E-state index in [1.165, 1.54) is 25.3 Å². The Balaban J connectivity index is 1.32. The first-order valence-corrected chi connectivity index (χ1v) is 14.8. The third-order valence-electron chi connectivity index (χ3n) is 8.53. The van der Waals surface area contributed by atoms with E-state index < -0.39 is 29.1 Å². The third-order valence-corrected chi connectivity index (χ3v) is 8.76. The summed E-state index contributed by atoms with van der Waals surface area (Å²) in [6, 6.07) is 9.76. The average molecular weight is 648 g/mol. The van der Waals surface area contributed by atoms with Gasteiger partial charge in [0.1, 0.15) is 29.4 Å². The molecule has 238 valence electrons. The van der Waals surface area contributed by atoms with Gasteiger partial charge in [-0.25, -0.2) is 14.2 Å². The van der Waals surface area contributed by atoms with Gasteiger partial charge < -0.3 is 23.9 Å². The monoisotopic (exact) mass is 647 g/mol. The highest BCUT2D eigenvalue weighted by Crippen LogP contribution is 2.42. The molecule has 45 heavy (non-hydrogen) atoms. The van der Waals surface area contributed by atoms with Crippen molar-refractivity contribution in [1.29, 1.82) is 0 Å². The number of alkyl halides is 3. The van der Waals surface area contributed by atoms with Crippen LogP contribution in [0.15, 0.2) is 42.5 Å². The van der Waals surface area contributed by atoms with Crippen molar-refractivity contribution in [2.24, 2.45) is 0 Å². The summed E-state index contributed by atoms with van der Waals surface area (Å²) in [4.78, 5) is 18.4. The molecular weight excluding hydrogens is 618 g/mol. The van der Waals surface area contributed by atoms with Crippen LogP contribution in [-0.4, -0.2) is 51.9 Å². The Morgan fingerprint density at radius 3 is 2.62 bits per heavy atom. The van der Waals surface area contributed by atoms with Crippen molar-refractivity contribution >= 4 is 28.6 Å². The van der Waals surface area contributed by atoms with Crippen LogP contribution in [0.4, 0.5) is 17.6 Å². The summed E-state index contributed by atoms with van der Waals surface area (Å²) in [7, 11) is 1.44. The van der Waals surface area contributed by atoms with Gasteiger partial charge >= 0.3 is 12.1 Å². The lowest BCUT2D eigenvalue weighted by molar-refractivity contribution is -0.139. The molecular formula is C32H30ClF4N3O5. The number of aromatic nitrogens is 2. The van der Waals surface area contributed by atoms with Crippen LogP contribution in [-0.2, 0) is 37.0 Å². The van der Waals surface area contributed by atoms with Gasteiger partial charge in [0.05, 0.1) is 42.9 Å². The fourth-order valence-corrected chi connectivity index (χ4v) is 6.14. The SMILES string of the molecule is COc1cc(Cl)ccc1COc1cc2c(cc1C(F)(F)F)CCN(Cc1nc3ccc(C(=O)O)c(F)c3n1C[C@@H]1CCO1)[C@H]2C. The average Bonchev–Trinajstić information content (AvgIpc) is 3.32. The van der Waals surface area contributed by atoms with Gasteiger partial charge in [-0.05, 0) is 67.3 Å². The molecule has 2 atom stereocenters. The molecule has 0 saturated carbocycles. The molecule has 0 radical (unpaired) electrons. The van der Waals surface area contributed by atoms with Gasteiger partial charge in [0, 0.05) is 29.8 Å². The van der Waals surface area contributed by atoms with E-state index in [1.54, 1.807) is 22.8 Å². The maximum Gasteiger partial charge on any atom is 0.419 e. The number of hydrogen-bond donors (Lipinski definition) is 1. The van der Waals surface area contributed by atoms with Crippen LogP contribution >= 0.6 is 11.6 Å². The molecule has 3 heterocycles. The van der Waals surface area contributed by atoms with Crippen LogP contribution in [0.2, 0.25) is 5.02 Å². The predicted octanol–water partition coefficient (Wildman–Crippen LogP) is 7.04. The number of ether oxygens (including phenoxy) is 3. The first-order chi connectivity index (χ1) is 21.4. The van der Waals surface area contributed by atoms with Crippen LogP contribution in [0.3, 0.4) is 0 Å². The Labute approximate surface area is 261 Å². The molecule has 2 aliphatic heterocycles. The fourth-order valence-electron chi connectivity index (χ4n) is 5.98. The van der Waals surface area contributed by atoms with Crippen LogP contribution in [0.25, 0.3) is 11.0 Å². The molecule has 1 saturated heterocycles. The first-order valence-electron chi connectivity index (χ1n) is 14.4. The van der Waals surface area contributed by atoms with E-state index in [0.29, 0.717) is 64.9 Å². The molecule has 8 nitrogen and oxygen atoms in total. The number of hydrogen-bond acceptors (Lipinski definition) is 6. The minimum absolute atomic E-state index is 0.0913. The number of carbonyl (C=O) groups is 1. The van der Waals surface area contributed by atoms with Crippen molar-refractivity contribution < 1.29 is 41.7 Å². The van der Waals surface area contributed by atoms with Crippen molar-refractivity contribution in [3.05, 3.63) is 86.9 Å². The molecule has 1 fully saturated rings. The van der Waals surface area contributed by atoms with E-state index in [0.717, 1.165) is 12.5 Å². The first kappa shape index (κ1) is 31.1. The van der Waals surface area contributed by atoms with E-state index in [4.69, 9.17) is 25.8 Å². The van der Waals surface area contributed by atoms with Crippen LogP contribution < -0.4 is 9.47 Å². The zero-order valence-electron chi connectivity index (χ0n) is 24.5. The van der Waals surface area contributed by atoms with E-state index in [9.17, 15) is 23.1 Å². The number of halogens is 5. The Bertz CT molecular complexity index is 1770. The number of imidazole rings is 1. The van der Waals surface area contributed by atoms with Crippen molar-refractivity contribution in [3.63, 3.8) is 0 Å². The lowest BCUT2D eigenvalue weighted by Crippen LogP contribution is -2.36. The standard InChI is InChI=1S/C32H30ClF4N3O5/c1-17-23-13-27(45-16-19-3-4-20(33)12-26(19)43-2)24(32(35,36)37)11-18(23)7-9-39(17)15-28-38-25-6-5-22(31(41)42)29(34)30(25)40(28)14-21-8-10-44-21/h3-6,11-13,17,21H,7-10,14-16H2,1-2H3,(H,41,42)/t17-,21-/m0/s1. The molecule has 2 aliphatic rings. The van der Waals surface area contributed by atoms with Crippen molar-refractivity contribution in [3.8, 4) is 11.5 Å². The second-order valence-corrected chi connectivity index (χ2v) is 11.6. The summed E-state index contributed by atoms with van der Waals surface area (Å²) in [5.74, 6) is -1.64. The van der Waals surface area contributed by atoms with E-state index >= 15 is 4.39 Å². The topological polar surface area (TPSA) is 86.0 Å². The summed E-state index contributed by atoms with van der Waals surface area (Å²) < 4.78 is 76.3. The molecule has 1 aromatic heterocycles. The normalized spacial score (nSPS) is 18.5. The third kappa shape index (κ3) is 6.06. The molecule has 0 bridgehead atoms. The van der Waals surface area contributed by atoms with Gasteiger partial charge in [-0.2, -0.15) is 13.2 Å². The smallest absolute Gasteiger partial charge is 0.419 e. The highest BCUT2D eigenvalue weighted by atomic mass is 35.5. The zero-order valence-corrected chi connectivity index (χ0v) is 25.2. The second-order valence-electron chi connectivity index (χ2n) is 11.2. The Hall–Kier alpha value is -3.87. The van der Waals surface area contributed by atoms with Gasteiger partial charge in [-0.1, -0.05) is 17.7 Å². The van der Waals surface area contributed by atoms with Gasteiger partial charge in [-0.3, -0.25) is 4.90 Å². The highest BCUT2D eigenvalue weighted by molar-refractivity contribution is 6.30. The molecule has 13 heteroatoms. The summed E-state index contributed by atoms with van der Waals surface area (Å²) in [6.45, 7) is 3.29. The zero-order chi connectivity index (χ0) is 32.0. The summed E-state index contributed by atoms with van der Waals surface area (Å²) in [6.07, 6.45) is -3.67. The van der Waals surface area contributed by atoms with Gasteiger partial charge in [-0.15, -0.1) is 0 Å². The number of aromatic carboxylic acids is 1. The summed E-state index contributed by atoms with van der Waals surface area (Å²) in [5, 5.41) is 9.91. The largest absolute Gasteiger partial charge is 0.496 e. The lowest BCUT2D eigenvalue weighted by Gasteiger charge is -2.36. The number of nitrogens with zero attached hydrogens (tertiary/aromatic N) is 3. The molecule has 3 aromatic carbocycles. The molecule has 6 rings (SSSR count). The molecule has 1 N–H and O–H groups in total. The number of carboxylic acid groups (broad SMARTS) is 1. The molecule has 4 aromatic rings. The molecule has 0 aliphatic carbocycles. The minimum atomic E-state index is -4.64. The van der Waals surface area contributed by atoms with Gasteiger partial charge in [0.15, 0.2) is 5.82 Å². The van der Waals surface area contributed by atoms with Crippen LogP contribution in [0.1, 0.15) is 57.8 Å². The number of rotatable bonds is 9. The highest BCUT2D eigenvalue weighted by Gasteiger charge is 2.37. The molecule has 0 spiro atoms. The van der Waals surface area contributed by atoms with E-state index in [2.05, 4.69) is 9.88 Å². The minimum Gasteiger partial charge on any atom is -0.496 e. The Morgan fingerprint density at radius 2 is 1.96 bits per heavy atom. The van der Waals surface area contributed by atoms with E-state index in [1.807, 2.05) is 6.92 Å². The quantitative estimate of drug-likeness (QED) is 0.195. The number of benzene rings is 3. The van der Waals surface area contributed by atoms with Crippen molar-refractivity contribution in [2.45, 2.75) is 57.8 Å². The molecule has 0 unspecified atom stereocenters. The Kier molecular flexibility index (Phi) is 8.40. The number of carboxylic acids is 1. The van der Waals surface area contributed by atoms with Crippen LogP contribution in [0, 0.1) is 5.82 Å². The van der Waals surface area contributed by atoms with E-state index in [-0.39, 0.29) is 36.6 Å². The lowest BCUT2D eigenvalue weighted by atomic mass is 9.91. The van der Waals surface area contributed by atoms with Crippen molar-refractivity contribution in [1.82, 2.24) is 14.5 Å². The maximum atomic E-state index is 15.4. The van der Waals surface area contributed by atoms with Gasteiger partial charge in [0.25, 0.3) is 0 Å². The predicted molar refractivity (Wildman–Crippen MR) is 157 cm³/mol. The van der Waals surface area contributed by atoms with Gasteiger partial charge in [0.2, 0.25) is 0 Å².